The summed E-state index contributed by atoms with van der Waals surface area (Å²) in [6.45, 7) is 2.05. The van der Waals surface area contributed by atoms with Crippen LogP contribution in [0.25, 0.3) is 11.5 Å². The second kappa shape index (κ2) is 5.05. The predicted molar refractivity (Wildman–Crippen MR) is 77.7 cm³/mol. The van der Waals surface area contributed by atoms with Gasteiger partial charge in [0.25, 0.3) is 0 Å². The monoisotopic (exact) mass is 300 g/mol. The number of hydrogen-bond donors (Lipinski definition) is 1. The van der Waals surface area contributed by atoms with E-state index in [1.54, 1.807) is 0 Å². The second-order valence-electron chi connectivity index (χ2n) is 5.61. The van der Waals surface area contributed by atoms with Crippen LogP contribution in [0, 0.1) is 6.92 Å². The number of hydrogen-bond acceptors (Lipinski definition) is 5. The minimum Gasteiger partial charge on any atom is -0.454 e. The third kappa shape index (κ3) is 2.52. The lowest BCUT2D eigenvalue weighted by atomic mass is 10.2. The Morgan fingerprint density at radius 2 is 2.14 bits per heavy atom. The topological polar surface area (TPSA) is 73.6 Å². The number of amides is 1. The van der Waals surface area contributed by atoms with E-state index in [1.165, 1.54) is 0 Å². The Morgan fingerprint density at radius 3 is 2.95 bits per heavy atom. The van der Waals surface area contributed by atoms with Crippen molar-refractivity contribution in [1.29, 1.82) is 0 Å². The third-order valence-electron chi connectivity index (χ3n) is 3.78. The van der Waals surface area contributed by atoms with Gasteiger partial charge in [0.05, 0.1) is 12.1 Å². The zero-order chi connectivity index (χ0) is 15.1. The quantitative estimate of drug-likeness (QED) is 0.937. The Hall–Kier alpha value is -2.50. The van der Waals surface area contributed by atoms with E-state index in [4.69, 9.17) is 13.9 Å². The summed E-state index contributed by atoms with van der Waals surface area (Å²) >= 11 is 0. The summed E-state index contributed by atoms with van der Waals surface area (Å²) in [5, 5.41) is 2.96. The lowest BCUT2D eigenvalue weighted by Gasteiger charge is -2.00. The summed E-state index contributed by atoms with van der Waals surface area (Å²) in [5.41, 5.74) is 1.48. The molecule has 0 bridgehead atoms. The number of nitrogens with zero attached hydrogens (tertiary/aromatic N) is 1. The predicted octanol–water partition coefficient (Wildman–Crippen LogP) is 2.20. The van der Waals surface area contributed by atoms with Gasteiger partial charge in [-0.05, 0) is 38.0 Å². The Labute approximate surface area is 127 Å². The van der Waals surface area contributed by atoms with Crippen molar-refractivity contribution in [1.82, 2.24) is 10.3 Å². The van der Waals surface area contributed by atoms with Crippen molar-refractivity contribution < 1.29 is 18.7 Å². The van der Waals surface area contributed by atoms with Crippen molar-refractivity contribution in [2.75, 3.05) is 6.79 Å². The summed E-state index contributed by atoms with van der Waals surface area (Å²) in [7, 11) is 0. The third-order valence-corrected chi connectivity index (χ3v) is 3.78. The standard InChI is InChI=1S/C16H16N2O4/c1-9-12(7-15(19)17-11-3-4-11)18-16(22-9)10-2-5-13-14(6-10)21-8-20-13/h2,5-6,11H,3-4,7-8H2,1H3,(H,17,19). The highest BCUT2D eigenvalue weighted by Gasteiger charge is 2.24. The zero-order valence-corrected chi connectivity index (χ0v) is 12.2. The minimum atomic E-state index is -0.00358. The van der Waals surface area contributed by atoms with Crippen molar-refractivity contribution in [2.24, 2.45) is 0 Å². The highest BCUT2D eigenvalue weighted by molar-refractivity contribution is 5.79. The Morgan fingerprint density at radius 1 is 1.32 bits per heavy atom. The lowest BCUT2D eigenvalue weighted by Crippen LogP contribution is -2.27. The molecule has 2 aromatic rings. The second-order valence-corrected chi connectivity index (χ2v) is 5.61. The maximum absolute atomic E-state index is 11.9. The van der Waals surface area contributed by atoms with Crippen LogP contribution in [0.4, 0.5) is 0 Å². The van der Waals surface area contributed by atoms with Gasteiger partial charge < -0.3 is 19.2 Å². The molecule has 1 N–H and O–H groups in total. The first-order valence-corrected chi connectivity index (χ1v) is 7.35. The molecule has 1 fully saturated rings. The molecule has 6 nitrogen and oxygen atoms in total. The largest absolute Gasteiger partial charge is 0.454 e. The smallest absolute Gasteiger partial charge is 0.231 e. The molecule has 0 atom stereocenters. The molecule has 0 saturated heterocycles. The van der Waals surface area contributed by atoms with E-state index in [2.05, 4.69) is 10.3 Å². The summed E-state index contributed by atoms with van der Waals surface area (Å²) < 4.78 is 16.3. The number of nitrogens with one attached hydrogen (secondary N) is 1. The number of carbonyl (C=O) groups excluding carboxylic acids is 1. The van der Waals surface area contributed by atoms with Gasteiger partial charge in [0, 0.05) is 11.6 Å². The van der Waals surface area contributed by atoms with Crippen molar-refractivity contribution in [3.63, 3.8) is 0 Å². The molecule has 1 aliphatic heterocycles. The fourth-order valence-electron chi connectivity index (χ4n) is 2.40. The van der Waals surface area contributed by atoms with Crippen molar-refractivity contribution in [2.45, 2.75) is 32.2 Å². The minimum absolute atomic E-state index is 0.00358. The Balaban J connectivity index is 1.55. The van der Waals surface area contributed by atoms with E-state index < -0.39 is 0 Å². The molecule has 6 heteroatoms. The molecule has 2 heterocycles. The van der Waals surface area contributed by atoms with Gasteiger partial charge in [-0.2, -0.15) is 0 Å². The summed E-state index contributed by atoms with van der Waals surface area (Å²) in [6, 6.07) is 5.89. The molecule has 22 heavy (non-hydrogen) atoms. The van der Waals surface area contributed by atoms with Gasteiger partial charge in [-0.15, -0.1) is 0 Å². The van der Waals surface area contributed by atoms with Crippen LogP contribution < -0.4 is 14.8 Å². The number of carbonyl (C=O) groups is 1. The summed E-state index contributed by atoms with van der Waals surface area (Å²) in [5.74, 6) is 2.55. The molecule has 2 aliphatic rings. The lowest BCUT2D eigenvalue weighted by molar-refractivity contribution is -0.120. The van der Waals surface area contributed by atoms with E-state index in [9.17, 15) is 4.79 Å². The van der Waals surface area contributed by atoms with Crippen molar-refractivity contribution >= 4 is 5.91 Å². The molecule has 4 rings (SSSR count). The molecule has 1 aliphatic carbocycles. The summed E-state index contributed by atoms with van der Waals surface area (Å²) in [4.78, 5) is 16.3. The van der Waals surface area contributed by atoms with Gasteiger partial charge in [-0.25, -0.2) is 4.98 Å². The number of ether oxygens (including phenoxy) is 2. The molecular weight excluding hydrogens is 284 g/mol. The number of rotatable bonds is 4. The fraction of sp³-hybridized carbons (Fsp3) is 0.375. The molecule has 0 unspecified atom stereocenters. The van der Waals surface area contributed by atoms with Gasteiger partial charge in [-0.3, -0.25) is 4.79 Å². The molecule has 1 amide bonds. The normalized spacial score (nSPS) is 15.9. The first kappa shape index (κ1) is 13.2. The summed E-state index contributed by atoms with van der Waals surface area (Å²) in [6.07, 6.45) is 2.40. The number of aromatic nitrogens is 1. The van der Waals surface area contributed by atoms with Crippen molar-refractivity contribution in [3.8, 4) is 23.0 Å². The highest BCUT2D eigenvalue weighted by atomic mass is 16.7. The van der Waals surface area contributed by atoms with Gasteiger partial charge >= 0.3 is 0 Å². The average Bonchev–Trinajstić information content (AvgIpc) is 3.06. The fourth-order valence-corrected chi connectivity index (χ4v) is 2.40. The van der Waals surface area contributed by atoms with Crippen LogP contribution in [0.2, 0.25) is 0 Å². The molecule has 0 radical (unpaired) electrons. The number of oxazole rings is 1. The van der Waals surface area contributed by atoms with Crippen LogP contribution in [-0.4, -0.2) is 23.7 Å². The molecule has 1 aromatic heterocycles. The molecule has 1 saturated carbocycles. The van der Waals surface area contributed by atoms with E-state index in [1.807, 2.05) is 25.1 Å². The molecular formula is C16H16N2O4. The van der Waals surface area contributed by atoms with Crippen LogP contribution >= 0.6 is 0 Å². The average molecular weight is 300 g/mol. The zero-order valence-electron chi connectivity index (χ0n) is 12.2. The van der Waals surface area contributed by atoms with Gasteiger partial charge in [0.15, 0.2) is 11.5 Å². The molecule has 0 spiro atoms. The van der Waals surface area contributed by atoms with E-state index in [0.717, 1.165) is 24.2 Å². The Bertz CT molecular complexity index is 734. The van der Waals surface area contributed by atoms with Crippen LogP contribution in [0.1, 0.15) is 24.3 Å². The maximum atomic E-state index is 11.9. The van der Waals surface area contributed by atoms with Gasteiger partial charge in [0.1, 0.15) is 5.76 Å². The van der Waals surface area contributed by atoms with E-state index in [-0.39, 0.29) is 19.1 Å². The van der Waals surface area contributed by atoms with Crippen LogP contribution in [0.3, 0.4) is 0 Å². The van der Waals surface area contributed by atoms with Crippen LogP contribution in [-0.2, 0) is 11.2 Å². The van der Waals surface area contributed by atoms with E-state index in [0.29, 0.717) is 29.1 Å². The van der Waals surface area contributed by atoms with Crippen molar-refractivity contribution in [3.05, 3.63) is 29.7 Å². The van der Waals surface area contributed by atoms with Gasteiger partial charge in [-0.1, -0.05) is 0 Å². The van der Waals surface area contributed by atoms with Crippen LogP contribution in [0.5, 0.6) is 11.5 Å². The Kier molecular flexibility index (Phi) is 3.03. The van der Waals surface area contributed by atoms with Gasteiger partial charge in [0.2, 0.25) is 18.6 Å². The SMILES string of the molecule is Cc1oc(-c2ccc3c(c2)OCO3)nc1CC(=O)NC1CC1. The van der Waals surface area contributed by atoms with Crippen LogP contribution in [0.15, 0.2) is 22.6 Å². The highest BCUT2D eigenvalue weighted by Crippen LogP contribution is 2.36. The first-order valence-electron chi connectivity index (χ1n) is 7.35. The molecule has 114 valence electrons. The number of benzene rings is 1. The number of fused-ring (bicyclic) bond motifs is 1. The maximum Gasteiger partial charge on any atom is 0.231 e. The number of aryl methyl sites for hydroxylation is 1. The first-order chi connectivity index (χ1) is 10.7. The van der Waals surface area contributed by atoms with E-state index >= 15 is 0 Å². The molecule has 1 aromatic carbocycles.